The van der Waals surface area contributed by atoms with Gasteiger partial charge in [0.2, 0.25) is 0 Å². The van der Waals surface area contributed by atoms with Gasteiger partial charge in [-0.15, -0.1) is 0 Å². The molecule has 0 spiro atoms. The lowest BCUT2D eigenvalue weighted by atomic mass is 9.76. The number of benzene rings is 3. The summed E-state index contributed by atoms with van der Waals surface area (Å²) in [6.45, 7) is 3.13. The molecule has 1 atom stereocenters. The van der Waals surface area contributed by atoms with E-state index < -0.39 is 5.54 Å². The Labute approximate surface area is 201 Å². The van der Waals surface area contributed by atoms with Crippen molar-refractivity contribution in [1.29, 1.82) is 0 Å². The van der Waals surface area contributed by atoms with Gasteiger partial charge in [-0.1, -0.05) is 48.9 Å². The molecule has 174 valence electrons. The van der Waals surface area contributed by atoms with E-state index in [-0.39, 0.29) is 5.97 Å². The Hall–Kier alpha value is -3.53. The number of carbonyl (C=O) groups is 1. The largest absolute Gasteiger partial charge is 0.508 e. The van der Waals surface area contributed by atoms with E-state index in [1.807, 2.05) is 18.2 Å². The predicted octanol–water partition coefficient (Wildman–Crippen LogP) is 6.17. The number of esters is 1. The highest BCUT2D eigenvalue weighted by Gasteiger charge is 2.40. The number of aromatic hydroxyl groups is 1. The highest BCUT2D eigenvalue weighted by Crippen LogP contribution is 2.45. The van der Waals surface area contributed by atoms with Crippen LogP contribution in [0.1, 0.15) is 59.9 Å². The number of rotatable bonds is 5. The summed E-state index contributed by atoms with van der Waals surface area (Å²) in [5.41, 5.74) is 6.74. The van der Waals surface area contributed by atoms with E-state index in [1.165, 1.54) is 54.8 Å². The van der Waals surface area contributed by atoms with Crippen molar-refractivity contribution in [2.24, 2.45) is 0 Å². The zero-order chi connectivity index (χ0) is 23.7. The van der Waals surface area contributed by atoms with Gasteiger partial charge in [0.15, 0.2) is 0 Å². The molecule has 2 aliphatic rings. The number of hydrogen-bond donors (Lipinski definition) is 1. The van der Waals surface area contributed by atoms with Crippen LogP contribution in [0.2, 0.25) is 0 Å². The molecule has 0 radical (unpaired) electrons. The summed E-state index contributed by atoms with van der Waals surface area (Å²) in [4.78, 5) is 14.0. The number of carbonyl (C=O) groups excluding carboxylic acids is 1. The number of fused-ring (bicyclic) bond motifs is 1. The van der Waals surface area contributed by atoms with Crippen molar-refractivity contribution in [2.75, 3.05) is 18.6 Å². The Kier molecular flexibility index (Phi) is 5.91. The second-order valence-electron chi connectivity index (χ2n) is 9.51. The summed E-state index contributed by atoms with van der Waals surface area (Å²) in [5, 5.41) is 10.1. The van der Waals surface area contributed by atoms with Gasteiger partial charge in [0, 0.05) is 18.3 Å². The molecule has 1 heterocycles. The van der Waals surface area contributed by atoms with Gasteiger partial charge in [-0.25, -0.2) is 4.79 Å². The molecule has 1 fully saturated rings. The third-order valence-electron chi connectivity index (χ3n) is 7.63. The van der Waals surface area contributed by atoms with Crippen molar-refractivity contribution in [2.45, 2.75) is 44.1 Å². The first-order valence-electron chi connectivity index (χ1n) is 12.1. The SMILES string of the molecule is COC(=O)C=Cc1ccc(C2(C)c3ccc(O)cc3CCN2c2ccc(C3CCC3)cc2)cc1. The van der Waals surface area contributed by atoms with Crippen molar-refractivity contribution in [3.05, 3.63) is 101 Å². The Balaban J connectivity index is 1.54. The van der Waals surface area contributed by atoms with Gasteiger partial charge in [0.05, 0.1) is 12.6 Å². The molecule has 1 saturated carbocycles. The predicted molar refractivity (Wildman–Crippen MR) is 136 cm³/mol. The molecule has 0 saturated heterocycles. The molecule has 1 aliphatic carbocycles. The van der Waals surface area contributed by atoms with Crippen LogP contribution in [-0.2, 0) is 21.5 Å². The average Bonchev–Trinajstić information content (AvgIpc) is 2.82. The van der Waals surface area contributed by atoms with Crippen molar-refractivity contribution < 1.29 is 14.6 Å². The van der Waals surface area contributed by atoms with E-state index in [0.29, 0.717) is 5.75 Å². The van der Waals surface area contributed by atoms with Crippen LogP contribution in [0.5, 0.6) is 5.75 Å². The zero-order valence-electron chi connectivity index (χ0n) is 19.8. The van der Waals surface area contributed by atoms with E-state index in [1.54, 1.807) is 12.1 Å². The number of methoxy groups -OCH3 is 1. The molecule has 34 heavy (non-hydrogen) atoms. The third-order valence-corrected chi connectivity index (χ3v) is 7.63. The second kappa shape index (κ2) is 9.02. The molecule has 1 N–H and O–H groups in total. The summed E-state index contributed by atoms with van der Waals surface area (Å²) in [6.07, 6.45) is 8.02. The number of ether oxygens (including phenoxy) is 1. The average molecular weight is 454 g/mol. The summed E-state index contributed by atoms with van der Waals surface area (Å²) < 4.78 is 4.70. The maximum absolute atomic E-state index is 11.5. The van der Waals surface area contributed by atoms with Gasteiger partial charge in [-0.05, 0) is 90.3 Å². The topological polar surface area (TPSA) is 49.8 Å². The molecule has 0 aromatic heterocycles. The Bertz CT molecular complexity index is 1210. The minimum atomic E-state index is -0.399. The normalized spacial score (nSPS) is 20.1. The Morgan fingerprint density at radius 1 is 1.06 bits per heavy atom. The zero-order valence-corrected chi connectivity index (χ0v) is 19.8. The summed E-state index contributed by atoms with van der Waals surface area (Å²) in [7, 11) is 1.38. The first kappa shape index (κ1) is 22.3. The summed E-state index contributed by atoms with van der Waals surface area (Å²) in [5.74, 6) is 0.660. The van der Waals surface area contributed by atoms with Crippen LogP contribution in [0, 0.1) is 0 Å². The Morgan fingerprint density at radius 2 is 1.79 bits per heavy atom. The second-order valence-corrected chi connectivity index (χ2v) is 9.51. The van der Waals surface area contributed by atoms with Crippen LogP contribution in [0.15, 0.2) is 72.8 Å². The molecule has 5 rings (SSSR count). The van der Waals surface area contributed by atoms with E-state index >= 15 is 0 Å². The van der Waals surface area contributed by atoms with Crippen molar-refractivity contribution in [3.8, 4) is 5.75 Å². The standard InChI is InChI=1S/C30H31NO3/c1-30(25-11-6-21(7-12-25)8-17-29(33)34-2)28-16-15-27(32)20-24(28)18-19-31(30)26-13-9-23(10-14-26)22-4-3-5-22/h6-17,20,22,32H,3-5,18-19H2,1-2H3. The van der Waals surface area contributed by atoms with E-state index in [4.69, 9.17) is 4.74 Å². The summed E-state index contributed by atoms with van der Waals surface area (Å²) >= 11 is 0. The molecule has 1 aliphatic heterocycles. The van der Waals surface area contributed by atoms with E-state index in [0.717, 1.165) is 30.0 Å². The molecule has 0 amide bonds. The van der Waals surface area contributed by atoms with Crippen LogP contribution in [-0.4, -0.2) is 24.7 Å². The fraction of sp³-hybridized carbons (Fsp3) is 0.300. The lowest BCUT2D eigenvalue weighted by molar-refractivity contribution is -0.134. The Morgan fingerprint density at radius 3 is 2.44 bits per heavy atom. The fourth-order valence-electron chi connectivity index (χ4n) is 5.38. The molecule has 4 nitrogen and oxygen atoms in total. The number of hydrogen-bond acceptors (Lipinski definition) is 4. The van der Waals surface area contributed by atoms with Gasteiger partial charge in [-0.2, -0.15) is 0 Å². The molecule has 4 heteroatoms. The quantitative estimate of drug-likeness (QED) is 0.371. The highest BCUT2D eigenvalue weighted by atomic mass is 16.5. The maximum Gasteiger partial charge on any atom is 0.330 e. The molecular weight excluding hydrogens is 422 g/mol. The molecule has 1 unspecified atom stereocenters. The van der Waals surface area contributed by atoms with Crippen molar-refractivity contribution >= 4 is 17.7 Å². The molecule has 3 aromatic carbocycles. The van der Waals surface area contributed by atoms with Crippen LogP contribution < -0.4 is 4.90 Å². The van der Waals surface area contributed by atoms with Gasteiger partial charge in [0.1, 0.15) is 5.75 Å². The van der Waals surface area contributed by atoms with Crippen molar-refractivity contribution in [3.63, 3.8) is 0 Å². The van der Waals surface area contributed by atoms with Crippen LogP contribution in [0.3, 0.4) is 0 Å². The summed E-state index contributed by atoms with van der Waals surface area (Å²) in [6, 6.07) is 23.2. The first-order valence-corrected chi connectivity index (χ1v) is 12.1. The number of phenols is 1. The van der Waals surface area contributed by atoms with Crippen molar-refractivity contribution in [1.82, 2.24) is 0 Å². The van der Waals surface area contributed by atoms with Gasteiger partial charge in [-0.3, -0.25) is 0 Å². The molecule has 0 bridgehead atoms. The molecular formula is C30H31NO3. The maximum atomic E-state index is 11.5. The minimum absolute atomic E-state index is 0.308. The fourth-order valence-corrected chi connectivity index (χ4v) is 5.38. The van der Waals surface area contributed by atoms with E-state index in [9.17, 15) is 9.90 Å². The number of anilines is 1. The number of nitrogens with zero attached hydrogens (tertiary/aromatic N) is 1. The monoisotopic (exact) mass is 453 g/mol. The smallest absolute Gasteiger partial charge is 0.330 e. The van der Waals surface area contributed by atoms with Crippen LogP contribution in [0.25, 0.3) is 6.08 Å². The van der Waals surface area contributed by atoms with E-state index in [2.05, 4.69) is 54.3 Å². The first-order chi connectivity index (χ1) is 16.5. The van der Waals surface area contributed by atoms with Gasteiger partial charge < -0.3 is 14.7 Å². The van der Waals surface area contributed by atoms with Crippen LogP contribution >= 0.6 is 0 Å². The lowest BCUT2D eigenvalue weighted by Crippen LogP contribution is -2.49. The van der Waals surface area contributed by atoms with Gasteiger partial charge >= 0.3 is 5.97 Å². The highest BCUT2D eigenvalue weighted by molar-refractivity contribution is 5.86. The van der Waals surface area contributed by atoms with Gasteiger partial charge in [0.25, 0.3) is 0 Å². The minimum Gasteiger partial charge on any atom is -0.508 e. The lowest BCUT2D eigenvalue weighted by Gasteiger charge is -2.48. The van der Waals surface area contributed by atoms with Crippen LogP contribution in [0.4, 0.5) is 5.69 Å². The molecule has 3 aromatic rings. The third kappa shape index (κ3) is 3.98. The number of phenolic OH excluding ortho intramolecular Hbond substituents is 1.